The first-order valence-electron chi connectivity index (χ1n) is 6.49. The number of aromatic nitrogens is 1. The standard InChI is InChI=1S/C14H15Cl2N3O3/c1-7(20)12(17)14-19-11(6-22-14)13(21)18-5-8-2-3-9(15)10(16)4-8/h2-4,6-7,12,20H,5,17H2,1H3,(H,18,21). The molecule has 6 nitrogen and oxygen atoms in total. The van der Waals surface area contributed by atoms with Gasteiger partial charge in [0, 0.05) is 6.54 Å². The summed E-state index contributed by atoms with van der Waals surface area (Å²) in [6.45, 7) is 1.78. The third-order valence-corrected chi connectivity index (χ3v) is 3.74. The van der Waals surface area contributed by atoms with Gasteiger partial charge >= 0.3 is 0 Å². The number of aliphatic hydroxyl groups is 1. The number of nitrogens with two attached hydrogens (primary N) is 1. The zero-order chi connectivity index (χ0) is 16.3. The van der Waals surface area contributed by atoms with Gasteiger partial charge in [-0.05, 0) is 24.6 Å². The number of nitrogens with zero attached hydrogens (tertiary/aromatic N) is 1. The van der Waals surface area contributed by atoms with E-state index in [1.54, 1.807) is 18.2 Å². The van der Waals surface area contributed by atoms with Crippen molar-refractivity contribution in [3.8, 4) is 0 Å². The van der Waals surface area contributed by atoms with E-state index >= 15 is 0 Å². The van der Waals surface area contributed by atoms with Gasteiger partial charge in [0.25, 0.3) is 5.91 Å². The molecule has 1 amide bonds. The molecule has 1 heterocycles. The zero-order valence-corrected chi connectivity index (χ0v) is 13.2. The van der Waals surface area contributed by atoms with Gasteiger partial charge in [-0.25, -0.2) is 4.98 Å². The lowest BCUT2D eigenvalue weighted by atomic mass is 10.2. The Labute approximate surface area is 137 Å². The van der Waals surface area contributed by atoms with E-state index in [-0.39, 0.29) is 18.1 Å². The van der Waals surface area contributed by atoms with E-state index in [1.165, 1.54) is 13.2 Å². The Kier molecular flexibility index (Phi) is 5.42. The van der Waals surface area contributed by atoms with Gasteiger partial charge in [-0.2, -0.15) is 0 Å². The number of hydrogen-bond acceptors (Lipinski definition) is 5. The smallest absolute Gasteiger partial charge is 0.273 e. The molecule has 8 heteroatoms. The highest BCUT2D eigenvalue weighted by molar-refractivity contribution is 6.42. The van der Waals surface area contributed by atoms with Crippen LogP contribution in [0.4, 0.5) is 0 Å². The maximum absolute atomic E-state index is 12.0. The van der Waals surface area contributed by atoms with Gasteiger partial charge in [-0.15, -0.1) is 0 Å². The van der Waals surface area contributed by atoms with Crippen molar-refractivity contribution < 1.29 is 14.3 Å². The molecule has 1 aromatic carbocycles. The fourth-order valence-corrected chi connectivity index (χ4v) is 1.99. The maximum Gasteiger partial charge on any atom is 0.273 e. The van der Waals surface area contributed by atoms with Crippen molar-refractivity contribution in [2.75, 3.05) is 0 Å². The van der Waals surface area contributed by atoms with Gasteiger partial charge in [0.05, 0.1) is 16.1 Å². The molecule has 4 N–H and O–H groups in total. The molecule has 0 aliphatic carbocycles. The van der Waals surface area contributed by atoms with E-state index in [0.29, 0.717) is 10.0 Å². The molecule has 2 aromatic rings. The number of carbonyl (C=O) groups excluding carboxylic acids is 1. The third-order valence-electron chi connectivity index (χ3n) is 3.00. The van der Waals surface area contributed by atoms with Crippen LogP contribution >= 0.6 is 23.2 Å². The van der Waals surface area contributed by atoms with Crippen LogP contribution in [0, 0.1) is 0 Å². The van der Waals surface area contributed by atoms with Crippen LogP contribution < -0.4 is 11.1 Å². The lowest BCUT2D eigenvalue weighted by Gasteiger charge is -2.09. The first kappa shape index (κ1) is 16.8. The predicted molar refractivity (Wildman–Crippen MR) is 82.7 cm³/mol. The average Bonchev–Trinajstić information content (AvgIpc) is 2.97. The number of rotatable bonds is 5. The number of hydrogen-bond donors (Lipinski definition) is 3. The fourth-order valence-electron chi connectivity index (χ4n) is 1.67. The second-order valence-corrected chi connectivity index (χ2v) is 5.58. The summed E-state index contributed by atoms with van der Waals surface area (Å²) in [5.41, 5.74) is 6.57. The summed E-state index contributed by atoms with van der Waals surface area (Å²) in [4.78, 5) is 15.9. The molecule has 0 saturated heterocycles. The molecule has 2 atom stereocenters. The lowest BCUT2D eigenvalue weighted by molar-refractivity contribution is 0.0945. The first-order valence-corrected chi connectivity index (χ1v) is 7.25. The van der Waals surface area contributed by atoms with E-state index in [2.05, 4.69) is 10.3 Å². The number of amides is 1. The van der Waals surface area contributed by atoms with Gasteiger partial charge in [0.2, 0.25) is 5.89 Å². The molecular weight excluding hydrogens is 329 g/mol. The average molecular weight is 344 g/mol. The van der Waals surface area contributed by atoms with E-state index in [0.717, 1.165) is 5.56 Å². The quantitative estimate of drug-likeness (QED) is 0.773. The van der Waals surface area contributed by atoms with Gasteiger partial charge in [0.1, 0.15) is 12.3 Å². The van der Waals surface area contributed by atoms with Crippen molar-refractivity contribution in [2.45, 2.75) is 25.6 Å². The summed E-state index contributed by atoms with van der Waals surface area (Å²) >= 11 is 11.7. The molecule has 0 fully saturated rings. The largest absolute Gasteiger partial charge is 0.446 e. The van der Waals surface area contributed by atoms with Crippen LogP contribution in [0.5, 0.6) is 0 Å². The number of halogens is 2. The highest BCUT2D eigenvalue weighted by Gasteiger charge is 2.20. The summed E-state index contributed by atoms with van der Waals surface area (Å²) in [5.74, 6) is -0.312. The van der Waals surface area contributed by atoms with E-state index in [1.807, 2.05) is 0 Å². The molecule has 2 unspecified atom stereocenters. The molecule has 0 radical (unpaired) electrons. The number of carbonyl (C=O) groups is 1. The Morgan fingerprint density at radius 3 is 2.82 bits per heavy atom. The molecular formula is C14H15Cl2N3O3. The summed E-state index contributed by atoms with van der Waals surface area (Å²) in [6, 6.07) is 4.30. The summed E-state index contributed by atoms with van der Waals surface area (Å²) in [5, 5.41) is 12.9. The minimum absolute atomic E-state index is 0.0890. The van der Waals surface area contributed by atoms with Crippen molar-refractivity contribution in [3.05, 3.63) is 51.7 Å². The van der Waals surface area contributed by atoms with Crippen LogP contribution in [0.3, 0.4) is 0 Å². The van der Waals surface area contributed by atoms with Crippen LogP contribution in [-0.4, -0.2) is 22.1 Å². The van der Waals surface area contributed by atoms with Gasteiger partial charge < -0.3 is 20.6 Å². The van der Waals surface area contributed by atoms with Crippen molar-refractivity contribution in [3.63, 3.8) is 0 Å². The minimum atomic E-state index is -0.828. The van der Waals surface area contributed by atoms with Crippen LogP contribution in [0.25, 0.3) is 0 Å². The van der Waals surface area contributed by atoms with Crippen molar-refractivity contribution in [1.29, 1.82) is 0 Å². The van der Waals surface area contributed by atoms with Crippen molar-refractivity contribution in [1.82, 2.24) is 10.3 Å². The molecule has 0 aliphatic rings. The molecule has 118 valence electrons. The normalized spacial score (nSPS) is 13.7. The van der Waals surface area contributed by atoms with Crippen LogP contribution in [0.1, 0.15) is 34.9 Å². The Balaban J connectivity index is 1.99. The molecule has 0 bridgehead atoms. The van der Waals surface area contributed by atoms with Gasteiger partial charge in [-0.3, -0.25) is 4.79 Å². The minimum Gasteiger partial charge on any atom is -0.446 e. The highest BCUT2D eigenvalue weighted by atomic mass is 35.5. The van der Waals surface area contributed by atoms with Gasteiger partial charge in [-0.1, -0.05) is 29.3 Å². The lowest BCUT2D eigenvalue weighted by Crippen LogP contribution is -2.25. The Morgan fingerprint density at radius 1 is 1.45 bits per heavy atom. The molecule has 0 spiro atoms. The number of nitrogens with one attached hydrogen (secondary N) is 1. The van der Waals surface area contributed by atoms with E-state index < -0.39 is 18.1 Å². The fraction of sp³-hybridized carbons (Fsp3) is 0.286. The monoisotopic (exact) mass is 343 g/mol. The molecule has 22 heavy (non-hydrogen) atoms. The van der Waals surface area contributed by atoms with E-state index in [4.69, 9.17) is 33.4 Å². The maximum atomic E-state index is 12.0. The number of aliphatic hydroxyl groups excluding tert-OH is 1. The zero-order valence-electron chi connectivity index (χ0n) is 11.7. The van der Waals surface area contributed by atoms with Crippen LogP contribution in [0.2, 0.25) is 10.0 Å². The second-order valence-electron chi connectivity index (χ2n) is 4.77. The second kappa shape index (κ2) is 7.11. The number of benzene rings is 1. The molecule has 2 rings (SSSR count). The van der Waals surface area contributed by atoms with Crippen LogP contribution in [0.15, 0.2) is 28.9 Å². The van der Waals surface area contributed by atoms with E-state index in [9.17, 15) is 9.90 Å². The first-order chi connectivity index (χ1) is 10.4. The summed E-state index contributed by atoms with van der Waals surface area (Å²) in [7, 11) is 0. The SMILES string of the molecule is CC(O)C(N)c1nc(C(=O)NCc2ccc(Cl)c(Cl)c2)co1. The Hall–Kier alpha value is -1.60. The predicted octanol–water partition coefficient (Wildman–Crippen LogP) is 2.29. The Morgan fingerprint density at radius 2 is 2.18 bits per heavy atom. The summed E-state index contributed by atoms with van der Waals surface area (Å²) < 4.78 is 5.10. The molecule has 1 aromatic heterocycles. The van der Waals surface area contributed by atoms with Gasteiger partial charge in [0.15, 0.2) is 5.69 Å². The third kappa shape index (κ3) is 3.98. The van der Waals surface area contributed by atoms with Crippen molar-refractivity contribution >= 4 is 29.1 Å². The molecule has 0 aliphatic heterocycles. The Bertz CT molecular complexity index is 673. The molecule has 0 saturated carbocycles. The number of oxazole rings is 1. The van der Waals surface area contributed by atoms with Crippen molar-refractivity contribution in [2.24, 2.45) is 5.73 Å². The van der Waals surface area contributed by atoms with Crippen LogP contribution in [-0.2, 0) is 6.54 Å². The topological polar surface area (TPSA) is 101 Å². The summed E-state index contributed by atoms with van der Waals surface area (Å²) in [6.07, 6.45) is 0.368. The highest BCUT2D eigenvalue weighted by Crippen LogP contribution is 2.22.